The highest BCUT2D eigenvalue weighted by Crippen LogP contribution is 2.38. The first-order valence-corrected chi connectivity index (χ1v) is 15.3. The second kappa shape index (κ2) is 15.1. The molecular formula is C35H33Cl2N3O4. The Balaban J connectivity index is 1.28. The molecule has 1 fully saturated rings. The van der Waals surface area contributed by atoms with Crippen molar-refractivity contribution in [2.45, 2.75) is 39.4 Å². The van der Waals surface area contributed by atoms with Gasteiger partial charge in [0.05, 0.1) is 27.8 Å². The maximum absolute atomic E-state index is 11.7. The monoisotopic (exact) mass is 629 g/mol. The molecule has 1 saturated heterocycles. The molecule has 0 atom stereocenters. The Bertz CT molecular complexity index is 1660. The molecule has 0 N–H and O–H groups in total. The van der Waals surface area contributed by atoms with Crippen molar-refractivity contribution in [3.63, 3.8) is 0 Å². The molecule has 5 rings (SSSR count). The number of halogens is 2. The van der Waals surface area contributed by atoms with Crippen LogP contribution in [0.3, 0.4) is 0 Å². The summed E-state index contributed by atoms with van der Waals surface area (Å²) < 4.78 is 18.1. The fourth-order valence-corrected chi connectivity index (χ4v) is 5.77. The molecule has 0 saturated carbocycles. The molecular weight excluding hydrogens is 597 g/mol. The predicted octanol–water partition coefficient (Wildman–Crippen LogP) is 8.07. The van der Waals surface area contributed by atoms with E-state index in [0.29, 0.717) is 51.3 Å². The van der Waals surface area contributed by atoms with E-state index in [2.05, 4.69) is 16.0 Å². The van der Waals surface area contributed by atoms with Crippen molar-refractivity contribution >= 4 is 29.5 Å². The molecule has 0 unspecified atom stereocenters. The van der Waals surface area contributed by atoms with Gasteiger partial charge in [0.25, 0.3) is 0 Å². The van der Waals surface area contributed by atoms with Crippen molar-refractivity contribution in [1.29, 1.82) is 5.26 Å². The first-order chi connectivity index (χ1) is 21.5. The average molecular weight is 631 g/mol. The summed E-state index contributed by atoms with van der Waals surface area (Å²) in [7, 11) is 0. The summed E-state index contributed by atoms with van der Waals surface area (Å²) in [5.74, 6) is 1.37. The minimum atomic E-state index is 0.119. The number of likely N-dealkylation sites (tertiary alicyclic amines) is 1. The number of ether oxygens (including phenoxy) is 3. The second-order valence-corrected chi connectivity index (χ2v) is 11.5. The van der Waals surface area contributed by atoms with Crippen LogP contribution >= 0.6 is 23.2 Å². The molecule has 4 aromatic rings. The van der Waals surface area contributed by atoms with Crippen molar-refractivity contribution in [2.75, 3.05) is 26.2 Å². The molecule has 7 nitrogen and oxygen atoms in total. The standard InChI is InChI=1S/C35H33Cl2N3O4/c1-24-27(7-4-8-29(24)30-9-5-10-32(35(30)37)42-14-6-13-40-11-2-3-12-40)23-44-34-17-33(28(21-41)16-31(34)36)43-22-26-15-25(18-38)19-39-20-26/h4-5,7-10,15-17,19-21H,2-3,6,11-14,22-23H2,1H3. The lowest BCUT2D eigenvalue weighted by molar-refractivity contribution is 0.111. The van der Waals surface area contributed by atoms with E-state index in [1.165, 1.54) is 38.2 Å². The van der Waals surface area contributed by atoms with Crippen LogP contribution in [0, 0.1) is 18.3 Å². The molecule has 1 aromatic heterocycles. The number of carbonyl (C=O) groups excluding carboxylic acids is 1. The lowest BCUT2D eigenvalue weighted by atomic mass is 9.96. The minimum absolute atomic E-state index is 0.119. The van der Waals surface area contributed by atoms with E-state index in [9.17, 15) is 4.79 Å². The van der Waals surface area contributed by atoms with E-state index in [4.69, 9.17) is 42.7 Å². The number of hydrogen-bond donors (Lipinski definition) is 0. The van der Waals surface area contributed by atoms with Gasteiger partial charge in [-0.15, -0.1) is 0 Å². The first-order valence-electron chi connectivity index (χ1n) is 14.6. The van der Waals surface area contributed by atoms with Crippen LogP contribution in [0.2, 0.25) is 10.0 Å². The summed E-state index contributed by atoms with van der Waals surface area (Å²) in [6, 6.07) is 18.7. The summed E-state index contributed by atoms with van der Waals surface area (Å²) in [6.07, 6.45) is 7.28. The number of rotatable bonds is 13. The fourth-order valence-electron chi connectivity index (χ4n) is 5.26. The molecule has 0 spiro atoms. The van der Waals surface area contributed by atoms with Gasteiger partial charge in [-0.3, -0.25) is 9.78 Å². The van der Waals surface area contributed by atoms with Crippen molar-refractivity contribution in [1.82, 2.24) is 9.88 Å². The highest BCUT2D eigenvalue weighted by atomic mass is 35.5. The maximum Gasteiger partial charge on any atom is 0.153 e. The zero-order valence-electron chi connectivity index (χ0n) is 24.5. The first kappa shape index (κ1) is 31.3. The molecule has 1 aliphatic heterocycles. The maximum atomic E-state index is 11.7. The molecule has 9 heteroatoms. The molecule has 44 heavy (non-hydrogen) atoms. The summed E-state index contributed by atoms with van der Waals surface area (Å²) in [4.78, 5) is 18.2. The van der Waals surface area contributed by atoms with Crippen LogP contribution < -0.4 is 14.2 Å². The number of aldehydes is 1. The lowest BCUT2D eigenvalue weighted by Crippen LogP contribution is -2.21. The summed E-state index contributed by atoms with van der Waals surface area (Å²) in [5.41, 5.74) is 5.25. The number of aromatic nitrogens is 1. The van der Waals surface area contributed by atoms with E-state index >= 15 is 0 Å². The second-order valence-electron chi connectivity index (χ2n) is 10.7. The van der Waals surface area contributed by atoms with Crippen LogP contribution in [-0.2, 0) is 13.2 Å². The van der Waals surface area contributed by atoms with Gasteiger partial charge in [-0.25, -0.2) is 0 Å². The van der Waals surface area contributed by atoms with Gasteiger partial charge in [0.2, 0.25) is 0 Å². The van der Waals surface area contributed by atoms with Gasteiger partial charge in [-0.05, 0) is 74.2 Å². The number of pyridine rings is 1. The van der Waals surface area contributed by atoms with Crippen LogP contribution in [-0.4, -0.2) is 42.4 Å². The van der Waals surface area contributed by atoms with Gasteiger partial charge < -0.3 is 19.1 Å². The summed E-state index contributed by atoms with van der Waals surface area (Å²) >= 11 is 13.3. The van der Waals surface area contributed by atoms with Gasteiger partial charge in [-0.2, -0.15) is 5.26 Å². The Labute approximate surface area is 267 Å². The average Bonchev–Trinajstić information content (AvgIpc) is 3.57. The van der Waals surface area contributed by atoms with Gasteiger partial charge in [0.15, 0.2) is 6.29 Å². The molecule has 2 heterocycles. The van der Waals surface area contributed by atoms with Gasteiger partial charge in [0.1, 0.15) is 36.5 Å². The van der Waals surface area contributed by atoms with Crippen molar-refractivity contribution in [3.8, 4) is 34.4 Å². The Kier molecular flexibility index (Phi) is 10.7. The number of hydrogen-bond acceptors (Lipinski definition) is 7. The Morgan fingerprint density at radius 1 is 0.932 bits per heavy atom. The van der Waals surface area contributed by atoms with Gasteiger partial charge in [-0.1, -0.05) is 53.5 Å². The molecule has 1 aliphatic rings. The molecule has 0 aliphatic carbocycles. The number of nitriles is 1. The Hall–Kier alpha value is -4.09. The van der Waals surface area contributed by atoms with E-state index in [-0.39, 0.29) is 18.8 Å². The van der Waals surface area contributed by atoms with Crippen molar-refractivity contribution in [2.24, 2.45) is 0 Å². The number of nitrogens with zero attached hydrogens (tertiary/aromatic N) is 3. The van der Waals surface area contributed by atoms with Crippen molar-refractivity contribution in [3.05, 3.63) is 105 Å². The predicted molar refractivity (Wildman–Crippen MR) is 172 cm³/mol. The van der Waals surface area contributed by atoms with Crippen LogP contribution in [0.4, 0.5) is 0 Å². The van der Waals surface area contributed by atoms with Gasteiger partial charge >= 0.3 is 0 Å². The fraction of sp³-hybridized carbons (Fsp3) is 0.286. The molecule has 0 bridgehead atoms. The minimum Gasteiger partial charge on any atom is -0.492 e. The van der Waals surface area contributed by atoms with E-state index in [1.54, 1.807) is 18.3 Å². The van der Waals surface area contributed by atoms with Crippen molar-refractivity contribution < 1.29 is 19.0 Å². The quantitative estimate of drug-likeness (QED) is 0.109. The number of benzene rings is 3. The van der Waals surface area contributed by atoms with E-state index < -0.39 is 0 Å². The number of carbonyl (C=O) groups is 1. The van der Waals surface area contributed by atoms with Crippen LogP contribution in [0.1, 0.15) is 51.9 Å². The lowest BCUT2D eigenvalue weighted by Gasteiger charge is -2.17. The molecule has 226 valence electrons. The third kappa shape index (κ3) is 7.70. The largest absolute Gasteiger partial charge is 0.492 e. The zero-order valence-corrected chi connectivity index (χ0v) is 26.0. The highest BCUT2D eigenvalue weighted by molar-refractivity contribution is 6.35. The normalized spacial score (nSPS) is 13.0. The third-order valence-corrected chi connectivity index (χ3v) is 8.35. The SMILES string of the molecule is Cc1c(COc2cc(OCc3cncc(C#N)c3)c(C=O)cc2Cl)cccc1-c1cccc(OCCCN2CCCC2)c1Cl. The molecule has 0 amide bonds. The summed E-state index contributed by atoms with van der Waals surface area (Å²) in [5, 5.41) is 10.00. The van der Waals surface area contributed by atoms with E-state index in [1.807, 2.05) is 43.3 Å². The smallest absolute Gasteiger partial charge is 0.153 e. The highest BCUT2D eigenvalue weighted by Gasteiger charge is 2.16. The third-order valence-electron chi connectivity index (χ3n) is 7.67. The van der Waals surface area contributed by atoms with Gasteiger partial charge in [0, 0.05) is 36.1 Å². The summed E-state index contributed by atoms with van der Waals surface area (Å²) in [6.45, 7) is 6.40. The van der Waals surface area contributed by atoms with Crippen LogP contribution in [0.5, 0.6) is 17.2 Å². The van der Waals surface area contributed by atoms with Crippen LogP contribution in [0.25, 0.3) is 11.1 Å². The van der Waals surface area contributed by atoms with E-state index in [0.717, 1.165) is 35.2 Å². The molecule has 0 radical (unpaired) electrons. The Morgan fingerprint density at radius 3 is 2.50 bits per heavy atom. The molecule has 3 aromatic carbocycles. The topological polar surface area (TPSA) is 84.7 Å². The zero-order chi connectivity index (χ0) is 30.9. The van der Waals surface area contributed by atoms with Crippen LogP contribution in [0.15, 0.2) is 67.0 Å². The Morgan fingerprint density at radius 2 is 1.70 bits per heavy atom.